The monoisotopic (exact) mass is 558 g/mol. The molecule has 3 aromatic heterocycles. The Labute approximate surface area is 237 Å². The van der Waals surface area contributed by atoms with Gasteiger partial charge in [0.2, 0.25) is 0 Å². The second-order valence-electron chi connectivity index (χ2n) is 12.1. The van der Waals surface area contributed by atoms with Crippen LogP contribution in [0.1, 0.15) is 60.2 Å². The third kappa shape index (κ3) is 5.49. The molecule has 0 atom stereocenters. The number of primary amides is 1. The average Bonchev–Trinajstić information content (AvgIpc) is 3.50. The molecule has 11 heteroatoms. The third-order valence-electron chi connectivity index (χ3n) is 7.92. The van der Waals surface area contributed by atoms with Crippen LogP contribution >= 0.6 is 0 Å². The highest BCUT2D eigenvalue weighted by Gasteiger charge is 2.54. The second-order valence-corrected chi connectivity index (χ2v) is 12.1. The van der Waals surface area contributed by atoms with Gasteiger partial charge in [-0.1, -0.05) is 6.07 Å². The maximum Gasteiger partial charge on any atom is 0.255 e. The number of rotatable bonds is 9. The van der Waals surface area contributed by atoms with E-state index < -0.39 is 11.5 Å². The second kappa shape index (κ2) is 9.91. The number of nitrogens with two attached hydrogens (primary N) is 1. The molecule has 214 valence electrons. The van der Waals surface area contributed by atoms with E-state index in [2.05, 4.69) is 15.5 Å². The fraction of sp³-hybridized carbons (Fsp3) is 0.400. The van der Waals surface area contributed by atoms with Crippen molar-refractivity contribution < 1.29 is 24.2 Å². The average molecular weight is 559 g/mol. The summed E-state index contributed by atoms with van der Waals surface area (Å²) in [4.78, 5) is 25.1. The van der Waals surface area contributed by atoms with Crippen molar-refractivity contribution in [3.05, 3.63) is 66.2 Å². The minimum Gasteiger partial charge on any atom is -0.490 e. The highest BCUT2D eigenvalue weighted by molar-refractivity contribution is 6.00. The zero-order valence-electron chi connectivity index (χ0n) is 23.3. The lowest BCUT2D eigenvalue weighted by Crippen LogP contribution is -2.58. The van der Waals surface area contributed by atoms with Crippen LogP contribution in [0, 0.1) is 5.41 Å². The highest BCUT2D eigenvalue weighted by Crippen LogP contribution is 2.57. The van der Waals surface area contributed by atoms with Crippen LogP contribution in [0.2, 0.25) is 0 Å². The molecule has 0 unspecified atom stereocenters. The molecule has 2 saturated carbocycles. The quantitative estimate of drug-likeness (QED) is 0.286. The molecule has 2 aliphatic rings. The van der Waals surface area contributed by atoms with Crippen LogP contribution < -0.4 is 20.5 Å². The van der Waals surface area contributed by atoms with E-state index in [0.717, 1.165) is 36.8 Å². The summed E-state index contributed by atoms with van der Waals surface area (Å²) in [6, 6.07) is 9.05. The van der Waals surface area contributed by atoms with E-state index in [9.17, 15) is 14.7 Å². The number of aromatic nitrogens is 4. The maximum atomic E-state index is 13.0. The zero-order chi connectivity index (χ0) is 28.9. The Hall–Kier alpha value is -4.38. The number of fused-ring (bicyclic) bond motifs is 1. The van der Waals surface area contributed by atoms with Gasteiger partial charge in [-0.3, -0.25) is 14.3 Å². The smallest absolute Gasteiger partial charge is 0.255 e. The van der Waals surface area contributed by atoms with Crippen molar-refractivity contribution in [3.63, 3.8) is 0 Å². The van der Waals surface area contributed by atoms with Gasteiger partial charge in [-0.05, 0) is 74.8 Å². The lowest BCUT2D eigenvalue weighted by Gasteiger charge is -2.57. The Morgan fingerprint density at radius 2 is 1.85 bits per heavy atom. The van der Waals surface area contributed by atoms with Gasteiger partial charge in [-0.15, -0.1) is 0 Å². The summed E-state index contributed by atoms with van der Waals surface area (Å²) in [6.07, 6.45) is 10.4. The van der Waals surface area contributed by atoms with Gasteiger partial charge in [0.15, 0.2) is 0 Å². The topological polar surface area (TPSA) is 146 Å². The number of aliphatic hydroxyl groups is 1. The zero-order valence-corrected chi connectivity index (χ0v) is 23.3. The summed E-state index contributed by atoms with van der Waals surface area (Å²) in [6.45, 7) is 3.49. The molecule has 1 spiro atoms. The predicted molar refractivity (Wildman–Crippen MR) is 151 cm³/mol. The fourth-order valence-corrected chi connectivity index (χ4v) is 5.91. The molecule has 4 aromatic rings. The molecule has 2 amide bonds. The van der Waals surface area contributed by atoms with Crippen LogP contribution in [-0.4, -0.2) is 60.7 Å². The third-order valence-corrected chi connectivity index (χ3v) is 7.92. The Bertz CT molecular complexity index is 1620. The largest absolute Gasteiger partial charge is 0.490 e. The Balaban J connectivity index is 1.03. The Morgan fingerprint density at radius 3 is 2.54 bits per heavy atom. The van der Waals surface area contributed by atoms with Gasteiger partial charge in [0.25, 0.3) is 11.8 Å². The number of amides is 2. The van der Waals surface area contributed by atoms with Crippen molar-refractivity contribution in [2.75, 3.05) is 6.61 Å². The van der Waals surface area contributed by atoms with Crippen molar-refractivity contribution >= 4 is 17.3 Å². The summed E-state index contributed by atoms with van der Waals surface area (Å²) in [5.74, 6) is 0.368. The molecule has 0 bridgehead atoms. The van der Waals surface area contributed by atoms with Gasteiger partial charge < -0.3 is 25.6 Å². The first-order valence-corrected chi connectivity index (χ1v) is 13.7. The van der Waals surface area contributed by atoms with E-state index in [4.69, 9.17) is 15.2 Å². The molecule has 0 aliphatic heterocycles. The molecule has 3 heterocycles. The summed E-state index contributed by atoms with van der Waals surface area (Å²) < 4.78 is 15.2. The number of aryl methyl sites for hydroxylation is 1. The first-order chi connectivity index (χ1) is 19.5. The number of hydrogen-bond acceptors (Lipinski definition) is 7. The van der Waals surface area contributed by atoms with Gasteiger partial charge in [0.05, 0.1) is 46.9 Å². The molecular formula is C30H34N6O5. The predicted octanol–water partition coefficient (Wildman–Crippen LogP) is 3.10. The number of carbonyl (C=O) groups is 2. The first-order valence-electron chi connectivity index (χ1n) is 13.7. The summed E-state index contributed by atoms with van der Waals surface area (Å²) in [7, 11) is 1.85. The summed E-state index contributed by atoms with van der Waals surface area (Å²) in [5.41, 5.74) is 8.19. The van der Waals surface area contributed by atoms with Crippen LogP contribution in [0.15, 0.2) is 55.1 Å². The molecule has 6 rings (SSSR count). The molecule has 1 aromatic carbocycles. The number of hydrogen-bond donors (Lipinski definition) is 3. The van der Waals surface area contributed by atoms with Gasteiger partial charge in [-0.2, -0.15) is 10.2 Å². The molecule has 0 saturated heterocycles. The SMILES string of the molecule is Cn1cc(-c2ccc(C(N)=O)c(OC3CC4(CC(NC(=O)c5cnn6cc(OCC(C)(C)O)ccc56)C4)C3)c2)cn1. The lowest BCUT2D eigenvalue weighted by molar-refractivity contribution is -0.0834. The van der Waals surface area contributed by atoms with E-state index in [-0.39, 0.29) is 30.1 Å². The number of nitrogens with zero attached hydrogens (tertiary/aromatic N) is 4. The molecule has 2 fully saturated rings. The van der Waals surface area contributed by atoms with E-state index in [1.54, 1.807) is 59.8 Å². The maximum absolute atomic E-state index is 13.0. The van der Waals surface area contributed by atoms with Crippen LogP contribution in [0.25, 0.3) is 16.6 Å². The summed E-state index contributed by atoms with van der Waals surface area (Å²) in [5, 5.41) is 21.5. The minimum absolute atomic E-state index is 0.0126. The van der Waals surface area contributed by atoms with Crippen molar-refractivity contribution in [1.29, 1.82) is 0 Å². The summed E-state index contributed by atoms with van der Waals surface area (Å²) >= 11 is 0. The van der Waals surface area contributed by atoms with Crippen LogP contribution in [0.5, 0.6) is 11.5 Å². The molecular weight excluding hydrogens is 524 g/mol. The van der Waals surface area contributed by atoms with E-state index >= 15 is 0 Å². The van der Waals surface area contributed by atoms with E-state index in [0.29, 0.717) is 28.1 Å². The van der Waals surface area contributed by atoms with Crippen LogP contribution in [-0.2, 0) is 7.05 Å². The van der Waals surface area contributed by atoms with Crippen molar-refractivity contribution in [1.82, 2.24) is 24.7 Å². The number of ether oxygens (including phenoxy) is 2. The molecule has 4 N–H and O–H groups in total. The van der Waals surface area contributed by atoms with Crippen molar-refractivity contribution in [2.45, 2.75) is 57.3 Å². The van der Waals surface area contributed by atoms with Gasteiger partial charge in [0, 0.05) is 24.8 Å². The first kappa shape index (κ1) is 26.8. The van der Waals surface area contributed by atoms with Crippen molar-refractivity contribution in [3.8, 4) is 22.6 Å². The van der Waals surface area contributed by atoms with Crippen molar-refractivity contribution in [2.24, 2.45) is 18.2 Å². The van der Waals surface area contributed by atoms with Crippen LogP contribution in [0.3, 0.4) is 0 Å². The highest BCUT2D eigenvalue weighted by atomic mass is 16.5. The normalized spacial score (nSPS) is 21.8. The minimum atomic E-state index is -0.950. The number of benzene rings is 1. The van der Waals surface area contributed by atoms with Gasteiger partial charge in [0.1, 0.15) is 18.1 Å². The number of pyridine rings is 1. The van der Waals surface area contributed by atoms with E-state index in [1.807, 2.05) is 25.4 Å². The van der Waals surface area contributed by atoms with Gasteiger partial charge >= 0.3 is 0 Å². The van der Waals surface area contributed by atoms with Crippen LogP contribution in [0.4, 0.5) is 0 Å². The van der Waals surface area contributed by atoms with Gasteiger partial charge in [-0.25, -0.2) is 4.52 Å². The van der Waals surface area contributed by atoms with E-state index in [1.165, 1.54) is 0 Å². The standard InChI is InChI=1S/C30H34N6O5/c1-29(2,39)17-40-21-5-7-25-24(14-33-36(25)16-21)28(38)34-20-9-30(10-20)11-22(12-30)41-26-8-18(4-6-23(26)27(31)37)19-13-32-35(3)15-19/h4-8,13-16,20,22,39H,9-12,17H2,1-3H3,(H2,31,37)(H,34,38). The lowest BCUT2D eigenvalue weighted by atomic mass is 9.53. The molecule has 11 nitrogen and oxygen atoms in total. The molecule has 41 heavy (non-hydrogen) atoms. The number of carbonyl (C=O) groups excluding carboxylic acids is 2. The molecule has 0 radical (unpaired) electrons. The number of nitrogens with one attached hydrogen (secondary N) is 1. The fourth-order valence-electron chi connectivity index (χ4n) is 5.91. The molecule has 2 aliphatic carbocycles. The Kier molecular flexibility index (Phi) is 6.49. The Morgan fingerprint density at radius 1 is 1.07 bits per heavy atom.